The molecule has 0 spiro atoms. The van der Waals surface area contributed by atoms with E-state index in [9.17, 15) is 13.2 Å². The second kappa shape index (κ2) is 9.93. The number of sulfonamides is 1. The molecular weight excluding hydrogens is 413 g/mol. The van der Waals surface area contributed by atoms with Gasteiger partial charge in [0.1, 0.15) is 11.6 Å². The molecule has 0 aliphatic heterocycles. The molecule has 0 amide bonds. The molecule has 0 fully saturated rings. The smallest absolute Gasteiger partial charge is 0.324 e. The molecule has 2 aromatic rings. The number of carbonyl (C=O) groups is 1. The van der Waals surface area contributed by atoms with Crippen molar-refractivity contribution in [3.05, 3.63) is 59.0 Å². The summed E-state index contributed by atoms with van der Waals surface area (Å²) in [5, 5.41) is 0. The molecule has 2 rings (SSSR count). The Hall–Kier alpha value is -1.91. The molecule has 0 aliphatic rings. The molecule has 5 nitrogen and oxygen atoms in total. The van der Waals surface area contributed by atoms with Crippen LogP contribution in [-0.2, 0) is 19.6 Å². The molecule has 0 radical (unpaired) electrons. The van der Waals surface area contributed by atoms with Gasteiger partial charge >= 0.3 is 5.97 Å². The van der Waals surface area contributed by atoms with Gasteiger partial charge in [0.15, 0.2) is 0 Å². The zero-order chi connectivity index (χ0) is 22.5. The van der Waals surface area contributed by atoms with Gasteiger partial charge < -0.3 is 4.74 Å². The summed E-state index contributed by atoms with van der Waals surface area (Å²) in [6, 6.07) is 13.8. The van der Waals surface area contributed by atoms with Crippen molar-refractivity contribution in [2.75, 3.05) is 0 Å². The Morgan fingerprint density at radius 2 is 1.50 bits per heavy atom. The van der Waals surface area contributed by atoms with Crippen molar-refractivity contribution in [1.29, 1.82) is 0 Å². The van der Waals surface area contributed by atoms with Gasteiger partial charge in [-0.15, -0.1) is 0 Å². The van der Waals surface area contributed by atoms with Crippen LogP contribution in [0.2, 0.25) is 0 Å². The Morgan fingerprint density at radius 3 is 1.93 bits per heavy atom. The fraction of sp³-hybridized carbons (Fsp3) is 0.348. The lowest BCUT2D eigenvalue weighted by molar-refractivity contribution is -0.158. The highest BCUT2D eigenvalue weighted by atomic mass is 32.2. The first kappa shape index (κ1) is 24.4. The molecule has 0 aliphatic carbocycles. The molecular formula is C23H30AlNO4S. The van der Waals surface area contributed by atoms with Crippen LogP contribution in [0.25, 0.3) is 17.2 Å². The highest BCUT2D eigenvalue weighted by Crippen LogP contribution is 2.23. The van der Waals surface area contributed by atoms with Crippen LogP contribution in [-0.4, -0.2) is 42.3 Å². The quantitative estimate of drug-likeness (QED) is 0.524. The number of carbonyl (C=O) groups excluding carboxylic acids is 1. The van der Waals surface area contributed by atoms with Gasteiger partial charge in [-0.05, 0) is 55.5 Å². The van der Waals surface area contributed by atoms with E-state index in [0.29, 0.717) is 0 Å². The van der Waals surface area contributed by atoms with Gasteiger partial charge in [-0.25, -0.2) is 8.42 Å². The van der Waals surface area contributed by atoms with Crippen LogP contribution in [0, 0.1) is 5.92 Å². The molecule has 160 valence electrons. The van der Waals surface area contributed by atoms with Crippen LogP contribution >= 0.6 is 0 Å². The van der Waals surface area contributed by atoms with E-state index in [1.807, 2.05) is 24.3 Å². The maximum Gasteiger partial charge on any atom is 0.324 e. The third kappa shape index (κ3) is 6.82. The minimum Gasteiger partial charge on any atom is -0.459 e. The van der Waals surface area contributed by atoms with Crippen molar-refractivity contribution in [3.8, 4) is 11.1 Å². The Bertz CT molecular complexity index is 989. The summed E-state index contributed by atoms with van der Waals surface area (Å²) in [5.74, 6) is -0.839. The van der Waals surface area contributed by atoms with Crippen molar-refractivity contribution in [1.82, 2.24) is 4.72 Å². The summed E-state index contributed by atoms with van der Waals surface area (Å²) in [7, 11) is -3.87. The van der Waals surface area contributed by atoms with Crippen molar-refractivity contribution >= 4 is 38.4 Å². The number of benzene rings is 2. The second-order valence-electron chi connectivity index (χ2n) is 8.52. The van der Waals surface area contributed by atoms with Crippen LogP contribution < -0.4 is 4.72 Å². The first-order valence-corrected chi connectivity index (χ1v) is 12.6. The SMILES string of the molecule is CC(C)[C@@H](NS(=O)(=O)c1ccc(-c2ccc(/C=[CH]/[AlH2])cc2)cc1)C(=O)OC(C)(C)C. The molecule has 0 heterocycles. The van der Waals surface area contributed by atoms with Crippen LogP contribution in [0.15, 0.2) is 58.4 Å². The maximum atomic E-state index is 12.9. The fourth-order valence-corrected chi connectivity index (χ4v) is 4.58. The van der Waals surface area contributed by atoms with Crippen LogP contribution in [0.1, 0.15) is 40.2 Å². The minimum atomic E-state index is -3.87. The Kier molecular flexibility index (Phi) is 8.07. The number of nitrogens with one attached hydrogen (secondary N) is 1. The maximum absolute atomic E-state index is 12.9. The van der Waals surface area contributed by atoms with E-state index in [0.717, 1.165) is 33.0 Å². The monoisotopic (exact) mass is 443 g/mol. The van der Waals surface area contributed by atoms with Gasteiger partial charge in [-0.1, -0.05) is 56.3 Å². The minimum absolute atomic E-state index is 0.107. The molecule has 7 heteroatoms. The second-order valence-corrected chi connectivity index (χ2v) is 10.9. The van der Waals surface area contributed by atoms with Crippen LogP contribution in [0.4, 0.5) is 0 Å². The Labute approximate surface area is 188 Å². The van der Waals surface area contributed by atoms with Gasteiger partial charge in [-0.3, -0.25) is 4.79 Å². The van der Waals surface area contributed by atoms with E-state index in [1.165, 1.54) is 0 Å². The highest BCUT2D eigenvalue weighted by Gasteiger charge is 2.32. The van der Waals surface area contributed by atoms with E-state index in [2.05, 4.69) is 15.7 Å². The number of rotatable bonds is 7. The van der Waals surface area contributed by atoms with Gasteiger partial charge in [0, 0.05) is 0 Å². The normalized spacial score (nSPS) is 13.5. The zero-order valence-electron chi connectivity index (χ0n) is 18.5. The van der Waals surface area contributed by atoms with E-state index in [-0.39, 0.29) is 10.8 Å². The van der Waals surface area contributed by atoms with Crippen LogP contribution in [0.5, 0.6) is 0 Å². The summed E-state index contributed by atoms with van der Waals surface area (Å²) in [6.07, 6.45) is 2.08. The van der Waals surface area contributed by atoms with Gasteiger partial charge in [0.25, 0.3) is 0 Å². The molecule has 0 saturated carbocycles. The molecule has 0 bridgehead atoms. The topological polar surface area (TPSA) is 72.5 Å². The van der Waals surface area contributed by atoms with Crippen molar-refractivity contribution in [2.45, 2.75) is 51.2 Å². The average Bonchev–Trinajstić information content (AvgIpc) is 2.65. The first-order chi connectivity index (χ1) is 13.9. The number of ether oxygens (including phenoxy) is 1. The van der Waals surface area contributed by atoms with E-state index in [4.69, 9.17) is 4.74 Å². The number of hydrogen-bond donors (Lipinski definition) is 1. The van der Waals surface area contributed by atoms with Crippen molar-refractivity contribution in [2.24, 2.45) is 5.92 Å². The molecule has 30 heavy (non-hydrogen) atoms. The predicted octanol–water partition coefficient (Wildman–Crippen LogP) is 3.60. The lowest BCUT2D eigenvalue weighted by Gasteiger charge is -2.26. The lowest BCUT2D eigenvalue weighted by Crippen LogP contribution is -2.47. The summed E-state index contributed by atoms with van der Waals surface area (Å²) in [5.41, 5.74) is 2.37. The standard InChI is InChI=1S/C23H28NO4S.Al.2H/c1-7-17-8-10-18(11-9-17)19-12-14-20(15-13-19)29(26,27)24-21(16(2)3)22(25)28-23(4,5)6;;;/h1,7-16,21,24H,2-6H3;;;/t21-;;;/m1.../s1. The molecule has 0 unspecified atom stereocenters. The molecule has 0 aromatic heterocycles. The molecule has 2 aromatic carbocycles. The predicted molar refractivity (Wildman–Crippen MR) is 124 cm³/mol. The van der Waals surface area contributed by atoms with Crippen molar-refractivity contribution < 1.29 is 17.9 Å². The fourth-order valence-electron chi connectivity index (χ4n) is 2.86. The molecule has 1 N–H and O–H groups in total. The Morgan fingerprint density at radius 1 is 1.00 bits per heavy atom. The van der Waals surface area contributed by atoms with Gasteiger partial charge in [0.05, 0.1) is 4.90 Å². The largest absolute Gasteiger partial charge is 0.459 e. The summed E-state index contributed by atoms with van der Waals surface area (Å²) < 4.78 is 33.6. The van der Waals surface area contributed by atoms with E-state index >= 15 is 0 Å². The summed E-state index contributed by atoms with van der Waals surface area (Å²) in [6.45, 7) is 8.81. The molecule has 0 saturated heterocycles. The number of esters is 1. The van der Waals surface area contributed by atoms with E-state index in [1.54, 1.807) is 58.9 Å². The first-order valence-electron chi connectivity index (χ1n) is 10.0. The number of hydrogen-bond acceptors (Lipinski definition) is 4. The Balaban J connectivity index is 2.21. The van der Waals surface area contributed by atoms with Crippen LogP contribution in [0.3, 0.4) is 0 Å². The lowest BCUT2D eigenvalue weighted by atomic mass is 10.0. The van der Waals surface area contributed by atoms with Gasteiger partial charge in [-0.2, -0.15) is 9.66 Å². The summed E-state index contributed by atoms with van der Waals surface area (Å²) in [4.78, 5) is 14.7. The average molecular weight is 444 g/mol. The third-order valence-corrected chi connectivity index (χ3v) is 6.17. The molecule has 1 atom stereocenters. The van der Waals surface area contributed by atoms with E-state index < -0.39 is 27.6 Å². The van der Waals surface area contributed by atoms with Gasteiger partial charge in [0.2, 0.25) is 26.3 Å². The summed E-state index contributed by atoms with van der Waals surface area (Å²) >= 11 is 1.01. The highest BCUT2D eigenvalue weighted by molar-refractivity contribution is 7.89. The van der Waals surface area contributed by atoms with Crippen molar-refractivity contribution in [3.63, 3.8) is 0 Å². The third-order valence-electron chi connectivity index (χ3n) is 4.38. The zero-order valence-corrected chi connectivity index (χ0v) is 21.3.